The Balaban J connectivity index is 1.22. The SMILES string of the molecule is O=C(O)CC(Cn1cc(CCC(O)c2ccc3c(n2)NCCC3)cn1)c1ccc2c(c1)OCC2. The summed E-state index contributed by atoms with van der Waals surface area (Å²) in [6.45, 7) is 2.06. The molecule has 2 atom stereocenters. The first-order valence-corrected chi connectivity index (χ1v) is 12.0. The molecule has 2 aliphatic rings. The molecule has 8 nitrogen and oxygen atoms in total. The lowest BCUT2D eigenvalue weighted by Crippen LogP contribution is -2.15. The Kier molecular flexibility index (Phi) is 6.49. The van der Waals surface area contributed by atoms with Gasteiger partial charge < -0.3 is 20.3 Å². The Morgan fingerprint density at radius 3 is 2.97 bits per heavy atom. The standard InChI is InChI=1S/C26H30N4O4/c31-23(22-7-6-19-2-1-10-27-26(19)29-22)8-3-17-14-28-30(15-17)16-21(13-25(32)33)20-5-4-18-9-11-34-24(18)12-20/h4-7,12,14-15,21,23,31H,1-3,8-11,13,16H2,(H,27,29)(H,32,33). The lowest BCUT2D eigenvalue weighted by molar-refractivity contribution is -0.137. The molecule has 0 saturated carbocycles. The van der Waals surface area contributed by atoms with Crippen molar-refractivity contribution < 1.29 is 19.7 Å². The fourth-order valence-electron chi connectivity index (χ4n) is 4.78. The van der Waals surface area contributed by atoms with Crippen LogP contribution in [0.2, 0.25) is 0 Å². The average Bonchev–Trinajstić information content (AvgIpc) is 3.50. The Hall–Kier alpha value is -3.39. The van der Waals surface area contributed by atoms with Crippen LogP contribution in [0, 0.1) is 0 Å². The summed E-state index contributed by atoms with van der Waals surface area (Å²) < 4.78 is 7.46. The monoisotopic (exact) mass is 462 g/mol. The molecular weight excluding hydrogens is 432 g/mol. The fourth-order valence-corrected chi connectivity index (χ4v) is 4.78. The summed E-state index contributed by atoms with van der Waals surface area (Å²) >= 11 is 0. The highest BCUT2D eigenvalue weighted by atomic mass is 16.5. The van der Waals surface area contributed by atoms with Crippen molar-refractivity contribution in [2.24, 2.45) is 0 Å². The number of hydrogen-bond acceptors (Lipinski definition) is 6. The number of hydrogen-bond donors (Lipinski definition) is 3. The number of carboxylic acid groups (broad SMARTS) is 1. The van der Waals surface area contributed by atoms with Crippen LogP contribution in [0.15, 0.2) is 42.7 Å². The molecule has 0 bridgehead atoms. The zero-order valence-electron chi connectivity index (χ0n) is 19.1. The number of aryl methyl sites for hydroxylation is 2. The third kappa shape index (κ3) is 5.07. The van der Waals surface area contributed by atoms with Gasteiger partial charge in [0.1, 0.15) is 11.6 Å². The summed E-state index contributed by atoms with van der Waals surface area (Å²) in [4.78, 5) is 16.1. The van der Waals surface area contributed by atoms with Crippen molar-refractivity contribution in [2.75, 3.05) is 18.5 Å². The maximum Gasteiger partial charge on any atom is 0.304 e. The Bertz CT molecular complexity index is 1180. The van der Waals surface area contributed by atoms with Crippen molar-refractivity contribution >= 4 is 11.8 Å². The number of pyridine rings is 1. The van der Waals surface area contributed by atoms with E-state index in [1.165, 1.54) is 11.1 Å². The molecule has 0 amide bonds. The van der Waals surface area contributed by atoms with E-state index in [0.29, 0.717) is 31.7 Å². The number of fused-ring (bicyclic) bond motifs is 2. The summed E-state index contributed by atoms with van der Waals surface area (Å²) in [5.41, 5.74) is 5.00. The number of anilines is 1. The van der Waals surface area contributed by atoms with E-state index in [1.807, 2.05) is 30.5 Å². The number of carbonyl (C=O) groups is 1. The highest BCUT2D eigenvalue weighted by Crippen LogP contribution is 2.31. The van der Waals surface area contributed by atoms with Gasteiger partial charge >= 0.3 is 5.97 Å². The van der Waals surface area contributed by atoms with E-state index in [-0.39, 0.29) is 12.3 Å². The molecule has 178 valence electrons. The van der Waals surface area contributed by atoms with E-state index < -0.39 is 12.1 Å². The molecule has 0 aliphatic carbocycles. The van der Waals surface area contributed by atoms with Crippen LogP contribution < -0.4 is 10.1 Å². The summed E-state index contributed by atoms with van der Waals surface area (Å²) in [6.07, 6.45) is 7.31. The van der Waals surface area contributed by atoms with Gasteiger partial charge in [-0.15, -0.1) is 0 Å². The Morgan fingerprint density at radius 2 is 2.09 bits per heavy atom. The number of aromatic nitrogens is 3. The molecule has 2 aromatic heterocycles. The van der Waals surface area contributed by atoms with Crippen molar-refractivity contribution in [1.29, 1.82) is 0 Å². The topological polar surface area (TPSA) is 110 Å². The number of aliphatic carboxylic acids is 1. The molecule has 3 aromatic rings. The predicted molar refractivity (Wildman–Crippen MR) is 127 cm³/mol. The molecule has 0 fully saturated rings. The molecule has 34 heavy (non-hydrogen) atoms. The smallest absolute Gasteiger partial charge is 0.304 e. The number of aliphatic hydroxyl groups is 1. The highest BCUT2D eigenvalue weighted by molar-refractivity contribution is 5.68. The highest BCUT2D eigenvalue weighted by Gasteiger charge is 2.21. The number of carboxylic acids is 1. The molecule has 2 aliphatic heterocycles. The molecule has 1 aromatic carbocycles. The first-order valence-electron chi connectivity index (χ1n) is 12.0. The van der Waals surface area contributed by atoms with E-state index in [0.717, 1.165) is 48.5 Å². The van der Waals surface area contributed by atoms with Crippen molar-refractivity contribution in [3.8, 4) is 5.75 Å². The number of rotatable bonds is 9. The number of aliphatic hydroxyl groups excluding tert-OH is 1. The molecule has 0 radical (unpaired) electrons. The van der Waals surface area contributed by atoms with E-state index in [9.17, 15) is 15.0 Å². The summed E-state index contributed by atoms with van der Waals surface area (Å²) in [5.74, 6) is 0.692. The van der Waals surface area contributed by atoms with E-state index in [2.05, 4.69) is 21.5 Å². The first-order chi connectivity index (χ1) is 16.5. The Morgan fingerprint density at radius 1 is 1.21 bits per heavy atom. The lowest BCUT2D eigenvalue weighted by Gasteiger charge is -2.19. The maximum atomic E-state index is 11.5. The number of ether oxygens (including phenoxy) is 1. The van der Waals surface area contributed by atoms with Crippen molar-refractivity contribution in [3.05, 3.63) is 70.7 Å². The van der Waals surface area contributed by atoms with Crippen molar-refractivity contribution in [1.82, 2.24) is 14.8 Å². The second kappa shape index (κ2) is 9.85. The van der Waals surface area contributed by atoms with Crippen LogP contribution in [0.1, 0.15) is 59.2 Å². The number of nitrogens with one attached hydrogen (secondary N) is 1. The molecule has 8 heteroatoms. The van der Waals surface area contributed by atoms with Crippen molar-refractivity contribution in [3.63, 3.8) is 0 Å². The number of nitrogens with zero attached hydrogens (tertiary/aromatic N) is 3. The second-order valence-corrected chi connectivity index (χ2v) is 9.16. The van der Waals surface area contributed by atoms with Crippen LogP contribution in [-0.4, -0.2) is 44.1 Å². The average molecular weight is 463 g/mol. The summed E-state index contributed by atoms with van der Waals surface area (Å²) in [5, 5.41) is 27.9. The number of benzene rings is 1. The van der Waals surface area contributed by atoms with Gasteiger partial charge in [0.25, 0.3) is 0 Å². The van der Waals surface area contributed by atoms with Crippen molar-refractivity contribution in [2.45, 2.75) is 57.1 Å². The fraction of sp³-hybridized carbons (Fsp3) is 0.423. The first kappa shape index (κ1) is 22.4. The van der Waals surface area contributed by atoms with Crippen LogP contribution in [0.5, 0.6) is 5.75 Å². The maximum absolute atomic E-state index is 11.5. The zero-order valence-corrected chi connectivity index (χ0v) is 19.1. The molecule has 0 spiro atoms. The van der Waals surface area contributed by atoms with Gasteiger partial charge in [-0.3, -0.25) is 9.48 Å². The molecule has 2 unspecified atom stereocenters. The van der Waals surface area contributed by atoms with Crippen LogP contribution in [-0.2, 0) is 30.6 Å². The summed E-state index contributed by atoms with van der Waals surface area (Å²) in [7, 11) is 0. The van der Waals surface area contributed by atoms with Gasteiger partial charge in [0, 0.05) is 31.6 Å². The van der Waals surface area contributed by atoms with E-state index in [1.54, 1.807) is 10.9 Å². The van der Waals surface area contributed by atoms with Crippen LogP contribution in [0.25, 0.3) is 0 Å². The third-order valence-corrected chi connectivity index (χ3v) is 6.67. The van der Waals surface area contributed by atoms with E-state index in [4.69, 9.17) is 4.74 Å². The van der Waals surface area contributed by atoms with Gasteiger partial charge in [0.05, 0.1) is 31.0 Å². The molecule has 3 N–H and O–H groups in total. The van der Waals surface area contributed by atoms with Gasteiger partial charge in [-0.2, -0.15) is 5.10 Å². The zero-order chi connectivity index (χ0) is 23.5. The second-order valence-electron chi connectivity index (χ2n) is 9.16. The minimum Gasteiger partial charge on any atom is -0.493 e. The molecule has 0 saturated heterocycles. The molecule has 4 heterocycles. The Labute approximate surface area is 198 Å². The van der Waals surface area contributed by atoms with Crippen LogP contribution >= 0.6 is 0 Å². The van der Waals surface area contributed by atoms with Gasteiger partial charge in [-0.1, -0.05) is 18.2 Å². The van der Waals surface area contributed by atoms with Crippen LogP contribution in [0.4, 0.5) is 5.82 Å². The van der Waals surface area contributed by atoms with E-state index >= 15 is 0 Å². The third-order valence-electron chi connectivity index (χ3n) is 6.67. The minimum atomic E-state index is -0.839. The lowest BCUT2D eigenvalue weighted by atomic mass is 9.94. The molecular formula is C26H30N4O4. The van der Waals surface area contributed by atoms with Crippen LogP contribution in [0.3, 0.4) is 0 Å². The summed E-state index contributed by atoms with van der Waals surface area (Å²) in [6, 6.07) is 9.97. The normalized spacial score (nSPS) is 16.1. The van der Waals surface area contributed by atoms with Gasteiger partial charge in [-0.25, -0.2) is 4.98 Å². The minimum absolute atomic E-state index is 0.0186. The van der Waals surface area contributed by atoms with Gasteiger partial charge in [0.2, 0.25) is 0 Å². The quantitative estimate of drug-likeness (QED) is 0.446. The predicted octanol–water partition coefficient (Wildman–Crippen LogP) is 3.50. The van der Waals surface area contributed by atoms with Gasteiger partial charge in [0.15, 0.2) is 0 Å². The largest absolute Gasteiger partial charge is 0.493 e. The van der Waals surface area contributed by atoms with Gasteiger partial charge in [-0.05, 0) is 60.1 Å². The molecule has 5 rings (SSSR count).